The lowest BCUT2D eigenvalue weighted by atomic mass is 10.3. The summed E-state index contributed by atoms with van der Waals surface area (Å²) < 4.78 is 17.4. The van der Waals surface area contributed by atoms with Gasteiger partial charge in [0, 0.05) is 10.9 Å². The Balaban J connectivity index is 3.06. The molecule has 2 nitrogen and oxygen atoms in total. The lowest BCUT2D eigenvalue weighted by molar-refractivity contribution is 0.392. The first-order chi connectivity index (χ1) is 5.27. The van der Waals surface area contributed by atoms with Crippen LogP contribution in [0.5, 0.6) is 5.88 Å². The molecule has 1 aromatic rings. The van der Waals surface area contributed by atoms with Crippen LogP contribution in [0.2, 0.25) is 0 Å². The Morgan fingerprint density at radius 1 is 1.73 bits per heavy atom. The molecule has 0 aliphatic rings. The Morgan fingerprint density at radius 3 is 3.00 bits per heavy atom. The van der Waals surface area contributed by atoms with Crippen molar-refractivity contribution in [3.05, 3.63) is 23.6 Å². The van der Waals surface area contributed by atoms with E-state index in [1.807, 2.05) is 0 Å². The molecule has 11 heavy (non-hydrogen) atoms. The highest BCUT2D eigenvalue weighted by atomic mass is 79.9. The average Bonchev–Trinajstić information content (AvgIpc) is 2.04. The number of ether oxygens (including phenoxy) is 1. The molecule has 60 valence electrons. The van der Waals surface area contributed by atoms with E-state index in [0.717, 1.165) is 6.20 Å². The van der Waals surface area contributed by atoms with Crippen LogP contribution in [0, 0.1) is 5.82 Å². The summed E-state index contributed by atoms with van der Waals surface area (Å²) in [6.45, 7) is 0. The largest absolute Gasteiger partial charge is 0.481 e. The van der Waals surface area contributed by atoms with Gasteiger partial charge in [-0.3, -0.25) is 0 Å². The Morgan fingerprint density at radius 2 is 2.45 bits per heavy atom. The molecular weight excluding hydrogens is 213 g/mol. The maximum Gasteiger partial charge on any atom is 0.217 e. The summed E-state index contributed by atoms with van der Waals surface area (Å²) in [5.41, 5.74) is 0.715. The highest BCUT2D eigenvalue weighted by Gasteiger charge is 2.03. The van der Waals surface area contributed by atoms with E-state index in [4.69, 9.17) is 4.74 Å². The summed E-state index contributed by atoms with van der Waals surface area (Å²) >= 11 is 3.20. The van der Waals surface area contributed by atoms with Gasteiger partial charge in [-0.05, 0) is 6.07 Å². The van der Waals surface area contributed by atoms with Gasteiger partial charge in [0.15, 0.2) is 0 Å². The highest BCUT2D eigenvalue weighted by Crippen LogP contribution is 2.17. The van der Waals surface area contributed by atoms with E-state index in [2.05, 4.69) is 20.9 Å². The van der Waals surface area contributed by atoms with Crippen molar-refractivity contribution in [2.24, 2.45) is 0 Å². The van der Waals surface area contributed by atoms with Crippen molar-refractivity contribution in [1.29, 1.82) is 0 Å². The van der Waals surface area contributed by atoms with Crippen LogP contribution in [0.3, 0.4) is 0 Å². The second kappa shape index (κ2) is 3.67. The van der Waals surface area contributed by atoms with Crippen LogP contribution in [0.25, 0.3) is 0 Å². The number of hydrogen-bond donors (Lipinski definition) is 0. The van der Waals surface area contributed by atoms with Crippen molar-refractivity contribution >= 4 is 15.9 Å². The smallest absolute Gasteiger partial charge is 0.217 e. The van der Waals surface area contributed by atoms with E-state index in [1.165, 1.54) is 13.2 Å². The quantitative estimate of drug-likeness (QED) is 0.712. The molecule has 0 unspecified atom stereocenters. The van der Waals surface area contributed by atoms with Crippen LogP contribution in [0.1, 0.15) is 5.56 Å². The van der Waals surface area contributed by atoms with Gasteiger partial charge in [0.2, 0.25) is 5.88 Å². The maximum atomic E-state index is 12.5. The normalized spacial score (nSPS) is 9.73. The van der Waals surface area contributed by atoms with Crippen LogP contribution in [-0.2, 0) is 5.33 Å². The molecule has 0 N–H and O–H groups in total. The molecule has 0 saturated heterocycles. The zero-order valence-corrected chi connectivity index (χ0v) is 7.56. The van der Waals surface area contributed by atoms with Gasteiger partial charge in [0.25, 0.3) is 0 Å². The van der Waals surface area contributed by atoms with Crippen LogP contribution in [0.15, 0.2) is 12.3 Å². The van der Waals surface area contributed by atoms with Crippen molar-refractivity contribution < 1.29 is 9.13 Å². The maximum absolute atomic E-state index is 12.5. The first kappa shape index (κ1) is 8.46. The lowest BCUT2D eigenvalue weighted by Gasteiger charge is -2.02. The summed E-state index contributed by atoms with van der Waals surface area (Å²) in [6, 6.07) is 1.39. The first-order valence-electron chi connectivity index (χ1n) is 3.02. The van der Waals surface area contributed by atoms with Crippen LogP contribution < -0.4 is 4.74 Å². The molecule has 0 saturated carbocycles. The Kier molecular flexibility index (Phi) is 2.82. The number of rotatable bonds is 2. The molecule has 1 rings (SSSR count). The van der Waals surface area contributed by atoms with Gasteiger partial charge in [0.05, 0.1) is 13.3 Å². The molecular formula is C7H7BrFNO. The van der Waals surface area contributed by atoms with E-state index in [1.54, 1.807) is 0 Å². The predicted molar refractivity (Wildman–Crippen MR) is 43.4 cm³/mol. The van der Waals surface area contributed by atoms with Gasteiger partial charge >= 0.3 is 0 Å². The van der Waals surface area contributed by atoms with Crippen molar-refractivity contribution in [3.8, 4) is 5.88 Å². The number of pyridine rings is 1. The fraction of sp³-hybridized carbons (Fsp3) is 0.286. The summed E-state index contributed by atoms with van der Waals surface area (Å²) in [7, 11) is 1.51. The number of hydrogen-bond acceptors (Lipinski definition) is 2. The summed E-state index contributed by atoms with van der Waals surface area (Å²) in [4.78, 5) is 3.74. The van der Waals surface area contributed by atoms with E-state index >= 15 is 0 Å². The minimum atomic E-state index is -0.347. The molecule has 0 spiro atoms. The molecule has 1 aromatic heterocycles. The molecule has 0 aliphatic heterocycles. The first-order valence-corrected chi connectivity index (χ1v) is 4.14. The number of methoxy groups -OCH3 is 1. The fourth-order valence-electron chi connectivity index (χ4n) is 0.748. The van der Waals surface area contributed by atoms with E-state index in [0.29, 0.717) is 16.8 Å². The third kappa shape index (κ3) is 1.89. The van der Waals surface area contributed by atoms with Crippen molar-refractivity contribution in [1.82, 2.24) is 4.98 Å². The molecule has 0 fully saturated rings. The zero-order valence-electron chi connectivity index (χ0n) is 5.97. The minimum Gasteiger partial charge on any atom is -0.481 e. The third-order valence-corrected chi connectivity index (χ3v) is 1.83. The predicted octanol–water partition coefficient (Wildman–Crippen LogP) is 2.12. The molecule has 0 radical (unpaired) electrons. The fourth-order valence-corrected chi connectivity index (χ4v) is 1.15. The molecule has 0 aliphatic carbocycles. The number of nitrogens with zero attached hydrogens (tertiary/aromatic N) is 1. The Bertz CT molecular complexity index is 254. The number of aromatic nitrogens is 1. The molecule has 4 heteroatoms. The van der Waals surface area contributed by atoms with E-state index < -0.39 is 0 Å². The van der Waals surface area contributed by atoms with Crippen molar-refractivity contribution in [3.63, 3.8) is 0 Å². The van der Waals surface area contributed by atoms with Gasteiger partial charge < -0.3 is 4.74 Å². The molecule has 0 atom stereocenters. The molecule has 1 heterocycles. The highest BCUT2D eigenvalue weighted by molar-refractivity contribution is 9.08. The van der Waals surface area contributed by atoms with Gasteiger partial charge in [-0.1, -0.05) is 15.9 Å². The second-order valence-corrected chi connectivity index (χ2v) is 2.52. The topological polar surface area (TPSA) is 22.1 Å². The van der Waals surface area contributed by atoms with Crippen molar-refractivity contribution in [2.75, 3.05) is 7.11 Å². The number of alkyl halides is 1. The summed E-state index contributed by atoms with van der Waals surface area (Å²) in [5, 5.41) is 0.543. The van der Waals surface area contributed by atoms with Gasteiger partial charge in [-0.2, -0.15) is 0 Å². The number of halogens is 2. The zero-order chi connectivity index (χ0) is 8.27. The summed E-state index contributed by atoms with van der Waals surface area (Å²) in [6.07, 6.45) is 1.13. The second-order valence-electron chi connectivity index (χ2n) is 1.96. The standard InChI is InChI=1S/C7H7BrFNO/c1-11-7-5(3-8)2-6(9)4-10-7/h2,4H,3H2,1H3. The third-order valence-electron chi connectivity index (χ3n) is 1.23. The monoisotopic (exact) mass is 219 g/mol. The van der Waals surface area contributed by atoms with E-state index in [-0.39, 0.29) is 5.82 Å². The molecule has 0 bridgehead atoms. The van der Waals surface area contributed by atoms with Gasteiger partial charge in [-0.15, -0.1) is 0 Å². The summed E-state index contributed by atoms with van der Waals surface area (Å²) in [5.74, 6) is 0.114. The van der Waals surface area contributed by atoms with Crippen LogP contribution >= 0.6 is 15.9 Å². The Hall–Kier alpha value is -0.640. The van der Waals surface area contributed by atoms with Crippen molar-refractivity contribution in [2.45, 2.75) is 5.33 Å². The van der Waals surface area contributed by atoms with Crippen LogP contribution in [-0.4, -0.2) is 12.1 Å². The van der Waals surface area contributed by atoms with Crippen LogP contribution in [0.4, 0.5) is 4.39 Å². The van der Waals surface area contributed by atoms with Gasteiger partial charge in [-0.25, -0.2) is 9.37 Å². The Labute approximate surface area is 72.5 Å². The molecule has 0 aromatic carbocycles. The van der Waals surface area contributed by atoms with Gasteiger partial charge in [0.1, 0.15) is 5.82 Å². The van der Waals surface area contributed by atoms with E-state index in [9.17, 15) is 4.39 Å². The minimum absolute atomic E-state index is 0.347. The lowest BCUT2D eigenvalue weighted by Crippen LogP contribution is -1.93. The SMILES string of the molecule is COc1ncc(F)cc1CBr. The molecule has 0 amide bonds. The average molecular weight is 220 g/mol.